The van der Waals surface area contributed by atoms with Gasteiger partial charge in [0.15, 0.2) is 0 Å². The predicted molar refractivity (Wildman–Crippen MR) is 131 cm³/mol. The summed E-state index contributed by atoms with van der Waals surface area (Å²) in [6, 6.07) is 23.4. The summed E-state index contributed by atoms with van der Waals surface area (Å²) in [7, 11) is 0. The number of ether oxygens (including phenoxy) is 1. The van der Waals surface area contributed by atoms with Crippen LogP contribution >= 0.6 is 11.3 Å². The van der Waals surface area contributed by atoms with Crippen LogP contribution in [0.1, 0.15) is 45.4 Å². The van der Waals surface area contributed by atoms with Gasteiger partial charge < -0.3 is 10.1 Å². The van der Waals surface area contributed by atoms with Crippen LogP contribution in [0.3, 0.4) is 0 Å². The molecule has 1 aromatic heterocycles. The molecule has 0 saturated carbocycles. The molecule has 0 aliphatic carbocycles. The van der Waals surface area contributed by atoms with Gasteiger partial charge in [0.2, 0.25) is 0 Å². The molecule has 0 unspecified atom stereocenters. The second kappa shape index (κ2) is 9.67. The zero-order chi connectivity index (χ0) is 23.4. The highest BCUT2D eigenvalue weighted by Crippen LogP contribution is 2.33. The van der Waals surface area contributed by atoms with Crippen LogP contribution in [0.15, 0.2) is 78.9 Å². The minimum absolute atomic E-state index is 0.155. The lowest BCUT2D eigenvalue weighted by Gasteiger charge is -2.09. The number of para-hydroxylation sites is 1. The largest absolute Gasteiger partial charge is 0.420 e. The minimum atomic E-state index is -0.946. The van der Waals surface area contributed by atoms with Crippen LogP contribution in [0.4, 0.5) is 15.5 Å². The highest BCUT2D eigenvalue weighted by Gasteiger charge is 2.22. The lowest BCUT2D eigenvalue weighted by Crippen LogP contribution is -2.20. The first-order chi connectivity index (χ1) is 15.9. The van der Waals surface area contributed by atoms with Crippen molar-refractivity contribution in [2.24, 2.45) is 0 Å². The van der Waals surface area contributed by atoms with Crippen molar-refractivity contribution in [1.29, 1.82) is 0 Å². The molecule has 6 nitrogen and oxygen atoms in total. The van der Waals surface area contributed by atoms with Crippen molar-refractivity contribution in [1.82, 2.24) is 0 Å². The molecule has 33 heavy (non-hydrogen) atoms. The van der Waals surface area contributed by atoms with Crippen LogP contribution in [0.5, 0.6) is 0 Å². The maximum Gasteiger partial charge on any atom is 0.420 e. The van der Waals surface area contributed by atoms with E-state index in [1.807, 2.05) is 56.3 Å². The number of anilines is 2. The second-order valence-electron chi connectivity index (χ2n) is 7.70. The third-order valence-electron chi connectivity index (χ3n) is 5.01. The monoisotopic (exact) mass is 458 g/mol. The molecule has 0 fully saturated rings. The van der Waals surface area contributed by atoms with E-state index >= 15 is 0 Å². The number of rotatable bonds is 5. The molecule has 4 rings (SSSR count). The van der Waals surface area contributed by atoms with Crippen molar-refractivity contribution >= 4 is 50.8 Å². The minimum Gasteiger partial charge on any atom is -0.372 e. The van der Waals surface area contributed by atoms with Crippen LogP contribution < -0.4 is 10.6 Å². The van der Waals surface area contributed by atoms with Crippen LogP contribution in [0, 0.1) is 0 Å². The van der Waals surface area contributed by atoms with Gasteiger partial charge in [0.05, 0.1) is 11.1 Å². The fourth-order valence-electron chi connectivity index (χ4n) is 3.34. The first-order valence-corrected chi connectivity index (χ1v) is 11.2. The quantitative estimate of drug-likeness (QED) is 0.258. The fourth-order valence-corrected chi connectivity index (χ4v) is 4.38. The molecule has 0 bridgehead atoms. The molecule has 0 spiro atoms. The molecule has 0 saturated heterocycles. The molecular weight excluding hydrogens is 436 g/mol. The van der Waals surface area contributed by atoms with Crippen molar-refractivity contribution in [2.45, 2.75) is 19.8 Å². The molecule has 7 heteroatoms. The Balaban J connectivity index is 1.53. The lowest BCUT2D eigenvalue weighted by molar-refractivity contribution is 0.0647. The fraction of sp³-hybridized carbons (Fsp3) is 0.115. The van der Waals surface area contributed by atoms with E-state index < -0.39 is 12.1 Å². The van der Waals surface area contributed by atoms with Gasteiger partial charge in [-0.1, -0.05) is 68.4 Å². The van der Waals surface area contributed by atoms with E-state index in [9.17, 15) is 14.4 Å². The Hall–Kier alpha value is -3.97. The van der Waals surface area contributed by atoms with Gasteiger partial charge in [-0.3, -0.25) is 10.1 Å². The first-order valence-electron chi connectivity index (χ1n) is 10.4. The van der Waals surface area contributed by atoms with E-state index in [2.05, 4.69) is 10.6 Å². The first kappa shape index (κ1) is 22.2. The zero-order valence-electron chi connectivity index (χ0n) is 18.1. The Labute approximate surface area is 195 Å². The Morgan fingerprint density at radius 2 is 1.52 bits per heavy atom. The summed E-state index contributed by atoms with van der Waals surface area (Å²) in [5.41, 5.74) is 1.24. The Morgan fingerprint density at radius 3 is 2.27 bits per heavy atom. The SMILES string of the molecule is CC(C)c1cc(C(=O)Nc2ccccc2)c(NC(=O)OC(=O)c2cccc3ccccc23)s1. The van der Waals surface area contributed by atoms with E-state index in [1.165, 1.54) is 11.3 Å². The van der Waals surface area contributed by atoms with E-state index in [0.29, 0.717) is 27.2 Å². The van der Waals surface area contributed by atoms with E-state index in [-0.39, 0.29) is 11.8 Å². The van der Waals surface area contributed by atoms with E-state index in [0.717, 1.165) is 10.3 Å². The van der Waals surface area contributed by atoms with E-state index in [1.54, 1.807) is 36.4 Å². The van der Waals surface area contributed by atoms with Gasteiger partial charge in [0.1, 0.15) is 5.00 Å². The van der Waals surface area contributed by atoms with Crippen molar-refractivity contribution in [2.75, 3.05) is 10.6 Å². The second-order valence-corrected chi connectivity index (χ2v) is 8.78. The number of hydrogen-bond donors (Lipinski definition) is 2. The molecule has 0 aliphatic rings. The van der Waals surface area contributed by atoms with Gasteiger partial charge in [-0.05, 0) is 41.0 Å². The summed E-state index contributed by atoms with van der Waals surface area (Å²) in [6.45, 7) is 3.99. The number of carbonyl (C=O) groups is 3. The zero-order valence-corrected chi connectivity index (χ0v) is 18.9. The molecule has 3 aromatic carbocycles. The smallest absolute Gasteiger partial charge is 0.372 e. The molecule has 2 N–H and O–H groups in total. The van der Waals surface area contributed by atoms with Crippen LogP contribution in [-0.4, -0.2) is 18.0 Å². The molecule has 2 amide bonds. The van der Waals surface area contributed by atoms with Gasteiger partial charge in [-0.2, -0.15) is 0 Å². The number of esters is 1. The van der Waals surface area contributed by atoms with Crippen molar-refractivity contribution in [3.8, 4) is 0 Å². The topological polar surface area (TPSA) is 84.5 Å². The normalized spacial score (nSPS) is 10.8. The molecule has 0 aliphatic heterocycles. The Morgan fingerprint density at radius 1 is 0.818 bits per heavy atom. The standard InChI is InChI=1S/C26H22N2O4S/c1-16(2)22-15-21(23(29)27-18-11-4-3-5-12-18)24(33-22)28-26(31)32-25(30)20-14-8-10-17-9-6-7-13-19(17)20/h3-16H,1-2H3,(H,27,29)(H,28,31). The van der Waals surface area contributed by atoms with Crippen LogP contribution in [0.25, 0.3) is 10.8 Å². The third-order valence-corrected chi connectivity index (χ3v) is 6.36. The van der Waals surface area contributed by atoms with E-state index in [4.69, 9.17) is 4.74 Å². The number of thiophene rings is 1. The summed E-state index contributed by atoms with van der Waals surface area (Å²) in [4.78, 5) is 39.0. The van der Waals surface area contributed by atoms with Gasteiger partial charge in [-0.15, -0.1) is 11.3 Å². The van der Waals surface area contributed by atoms with Crippen LogP contribution in [0.2, 0.25) is 0 Å². The molecule has 0 atom stereocenters. The molecule has 4 aromatic rings. The molecule has 1 heterocycles. The predicted octanol–water partition coefficient (Wildman–Crippen LogP) is 6.67. The number of amides is 2. The number of fused-ring (bicyclic) bond motifs is 1. The summed E-state index contributed by atoms with van der Waals surface area (Å²) in [5, 5.41) is 7.28. The van der Waals surface area contributed by atoms with Crippen molar-refractivity contribution < 1.29 is 19.1 Å². The Kier molecular flexibility index (Phi) is 6.51. The summed E-state index contributed by atoms with van der Waals surface area (Å²) >= 11 is 1.28. The lowest BCUT2D eigenvalue weighted by atomic mass is 10.1. The highest BCUT2D eigenvalue weighted by molar-refractivity contribution is 7.16. The van der Waals surface area contributed by atoms with Gasteiger partial charge in [0.25, 0.3) is 5.91 Å². The summed E-state index contributed by atoms with van der Waals surface area (Å²) in [5.74, 6) is -0.970. The average Bonchev–Trinajstić information content (AvgIpc) is 3.23. The molecular formula is C26H22N2O4S. The number of nitrogens with one attached hydrogen (secondary N) is 2. The molecule has 0 radical (unpaired) electrons. The van der Waals surface area contributed by atoms with Gasteiger partial charge >= 0.3 is 12.1 Å². The maximum absolute atomic E-state index is 12.9. The van der Waals surface area contributed by atoms with Crippen molar-refractivity contribution in [3.63, 3.8) is 0 Å². The number of carbonyl (C=O) groups excluding carboxylic acids is 3. The third kappa shape index (κ3) is 5.10. The Bertz CT molecular complexity index is 1320. The summed E-state index contributed by atoms with van der Waals surface area (Å²) < 4.78 is 5.06. The average molecular weight is 459 g/mol. The van der Waals surface area contributed by atoms with Gasteiger partial charge in [0, 0.05) is 10.6 Å². The van der Waals surface area contributed by atoms with Crippen LogP contribution in [-0.2, 0) is 4.74 Å². The highest BCUT2D eigenvalue weighted by atomic mass is 32.1. The number of hydrogen-bond acceptors (Lipinski definition) is 5. The number of benzene rings is 3. The molecule has 166 valence electrons. The summed E-state index contributed by atoms with van der Waals surface area (Å²) in [6.07, 6.45) is -0.946. The van der Waals surface area contributed by atoms with Gasteiger partial charge in [-0.25, -0.2) is 9.59 Å². The van der Waals surface area contributed by atoms with Crippen molar-refractivity contribution in [3.05, 3.63) is 94.9 Å². The maximum atomic E-state index is 12.9.